The van der Waals surface area contributed by atoms with Gasteiger partial charge in [-0.15, -0.1) is 0 Å². The lowest BCUT2D eigenvalue weighted by atomic mass is 10.0. The molecule has 4 rings (SSSR count). The summed E-state index contributed by atoms with van der Waals surface area (Å²) < 4.78 is 12.6. The van der Waals surface area contributed by atoms with E-state index in [9.17, 15) is 4.79 Å². The first-order valence-corrected chi connectivity index (χ1v) is 12.2. The molecule has 2 heterocycles. The zero-order valence-electron chi connectivity index (χ0n) is 19.2. The minimum absolute atomic E-state index is 0.0453. The van der Waals surface area contributed by atoms with Gasteiger partial charge in [0.05, 0.1) is 16.7 Å². The molecule has 4 aromatic rings. The molecule has 0 saturated heterocycles. The highest BCUT2D eigenvalue weighted by atomic mass is 32.2. The van der Waals surface area contributed by atoms with Gasteiger partial charge in [0.2, 0.25) is 11.7 Å². The highest BCUT2D eigenvalue weighted by molar-refractivity contribution is 7.98. The van der Waals surface area contributed by atoms with Gasteiger partial charge in [0.15, 0.2) is 5.16 Å². The van der Waals surface area contributed by atoms with Crippen LogP contribution in [-0.2, 0) is 17.0 Å². The highest BCUT2D eigenvalue weighted by Gasteiger charge is 2.15. The summed E-state index contributed by atoms with van der Waals surface area (Å²) >= 11 is 1.42. The van der Waals surface area contributed by atoms with Crippen LogP contribution in [0.5, 0.6) is 0 Å². The number of fused-ring (bicyclic) bond motifs is 1. The average Bonchev–Trinajstić information content (AvgIpc) is 3.31. The zero-order chi connectivity index (χ0) is 23.2. The summed E-state index contributed by atoms with van der Waals surface area (Å²) in [5.41, 5.74) is 2.82. The predicted molar refractivity (Wildman–Crippen MR) is 130 cm³/mol. The van der Waals surface area contributed by atoms with Gasteiger partial charge in [0.1, 0.15) is 0 Å². The van der Waals surface area contributed by atoms with E-state index in [0.717, 1.165) is 12.0 Å². The van der Waals surface area contributed by atoms with E-state index in [1.807, 2.05) is 43.3 Å². The van der Waals surface area contributed by atoms with Crippen LogP contribution in [0.3, 0.4) is 0 Å². The summed E-state index contributed by atoms with van der Waals surface area (Å²) in [5, 5.41) is 5.38. The highest BCUT2D eigenvalue weighted by Crippen LogP contribution is 2.24. The summed E-state index contributed by atoms with van der Waals surface area (Å²) in [7, 11) is 0. The number of para-hydroxylation sites is 1. The largest absolute Gasteiger partial charge is 0.382 e. The van der Waals surface area contributed by atoms with E-state index in [1.165, 1.54) is 17.3 Å². The average molecular weight is 465 g/mol. The Labute approximate surface area is 197 Å². The Hall–Kier alpha value is -2.97. The molecule has 0 bridgehead atoms. The van der Waals surface area contributed by atoms with Crippen molar-refractivity contribution < 1.29 is 9.26 Å². The molecule has 0 fully saturated rings. The van der Waals surface area contributed by atoms with Gasteiger partial charge < -0.3 is 9.26 Å². The van der Waals surface area contributed by atoms with E-state index in [0.29, 0.717) is 59.2 Å². The van der Waals surface area contributed by atoms with E-state index in [2.05, 4.69) is 36.1 Å². The lowest BCUT2D eigenvalue weighted by Gasteiger charge is -2.12. The van der Waals surface area contributed by atoms with Crippen LogP contribution in [0, 0.1) is 0 Å². The molecule has 0 aliphatic carbocycles. The summed E-state index contributed by atoms with van der Waals surface area (Å²) in [5.74, 6) is 1.94. The fourth-order valence-corrected chi connectivity index (χ4v) is 4.36. The second-order valence-corrected chi connectivity index (χ2v) is 8.94. The van der Waals surface area contributed by atoms with Gasteiger partial charge in [0.25, 0.3) is 5.56 Å². The standard InChI is InChI=1S/C25H28N4O3S/c1-4-31-15-7-14-29-24(30)20-8-5-6-9-21(20)26-25(29)33-16-22-27-23(28-32-22)19-12-10-18(11-13-19)17(2)3/h5-6,8-13,17H,4,7,14-16H2,1-3H3. The number of benzene rings is 2. The van der Waals surface area contributed by atoms with Crippen LogP contribution >= 0.6 is 11.8 Å². The van der Waals surface area contributed by atoms with Gasteiger partial charge in [-0.25, -0.2) is 4.98 Å². The molecule has 0 N–H and O–H groups in total. The van der Waals surface area contributed by atoms with E-state index in [1.54, 1.807) is 4.57 Å². The van der Waals surface area contributed by atoms with Crippen molar-refractivity contribution in [1.29, 1.82) is 0 Å². The molecule has 0 aliphatic heterocycles. The summed E-state index contributed by atoms with van der Waals surface area (Å²) in [6.45, 7) is 8.08. The predicted octanol–water partition coefficient (Wildman–Crippen LogP) is 5.29. The fourth-order valence-electron chi connectivity index (χ4n) is 3.50. The monoisotopic (exact) mass is 464 g/mol. The lowest BCUT2D eigenvalue weighted by molar-refractivity contribution is 0.140. The molecule has 0 saturated carbocycles. The van der Waals surface area contributed by atoms with Gasteiger partial charge in [-0.3, -0.25) is 9.36 Å². The quantitative estimate of drug-likeness (QED) is 0.179. The first-order valence-electron chi connectivity index (χ1n) is 11.2. The minimum Gasteiger partial charge on any atom is -0.382 e. The third-order valence-electron chi connectivity index (χ3n) is 5.33. The normalized spacial score (nSPS) is 11.5. The molecule has 0 atom stereocenters. The summed E-state index contributed by atoms with van der Waals surface area (Å²) in [6.07, 6.45) is 0.735. The molecule has 7 nitrogen and oxygen atoms in total. The van der Waals surface area contributed by atoms with E-state index in [4.69, 9.17) is 14.2 Å². The number of hydrogen-bond donors (Lipinski definition) is 0. The lowest BCUT2D eigenvalue weighted by Crippen LogP contribution is -2.24. The molecule has 8 heteroatoms. The van der Waals surface area contributed by atoms with Crippen LogP contribution in [0.1, 0.15) is 44.6 Å². The molecule has 2 aromatic carbocycles. The van der Waals surface area contributed by atoms with Gasteiger partial charge in [-0.1, -0.05) is 67.2 Å². The van der Waals surface area contributed by atoms with Crippen molar-refractivity contribution in [3.8, 4) is 11.4 Å². The SMILES string of the molecule is CCOCCCn1c(SCc2nc(-c3ccc(C(C)C)cc3)no2)nc2ccccc2c1=O. The maximum atomic E-state index is 13.1. The number of aromatic nitrogens is 4. The van der Waals surface area contributed by atoms with Crippen molar-refractivity contribution in [2.45, 2.75) is 50.6 Å². The van der Waals surface area contributed by atoms with Crippen LogP contribution in [0.25, 0.3) is 22.3 Å². The Kier molecular flexibility index (Phi) is 7.57. The van der Waals surface area contributed by atoms with Crippen molar-refractivity contribution >= 4 is 22.7 Å². The number of ether oxygens (including phenoxy) is 1. The topological polar surface area (TPSA) is 83.0 Å². The Morgan fingerprint density at radius 1 is 1.09 bits per heavy atom. The Morgan fingerprint density at radius 3 is 2.64 bits per heavy atom. The molecular formula is C25H28N4O3S. The first kappa shape index (κ1) is 23.2. The van der Waals surface area contributed by atoms with Crippen molar-refractivity contribution in [3.05, 3.63) is 70.3 Å². The molecule has 0 radical (unpaired) electrons. The molecule has 0 unspecified atom stereocenters. The van der Waals surface area contributed by atoms with Gasteiger partial charge >= 0.3 is 0 Å². The van der Waals surface area contributed by atoms with Gasteiger partial charge in [0, 0.05) is 25.3 Å². The van der Waals surface area contributed by atoms with Crippen LogP contribution in [0.15, 0.2) is 63.0 Å². The van der Waals surface area contributed by atoms with Gasteiger partial charge in [-0.2, -0.15) is 4.98 Å². The smallest absolute Gasteiger partial charge is 0.262 e. The first-order chi connectivity index (χ1) is 16.1. The minimum atomic E-state index is -0.0453. The Morgan fingerprint density at radius 2 is 1.88 bits per heavy atom. The van der Waals surface area contributed by atoms with Gasteiger partial charge in [-0.05, 0) is 37.0 Å². The van der Waals surface area contributed by atoms with E-state index >= 15 is 0 Å². The molecule has 0 aliphatic rings. The Bertz CT molecular complexity index is 1260. The van der Waals surface area contributed by atoms with E-state index in [-0.39, 0.29) is 5.56 Å². The van der Waals surface area contributed by atoms with Crippen molar-refractivity contribution in [2.24, 2.45) is 0 Å². The molecule has 0 amide bonds. The summed E-state index contributed by atoms with van der Waals surface area (Å²) in [4.78, 5) is 22.4. The molecule has 33 heavy (non-hydrogen) atoms. The fraction of sp³-hybridized carbons (Fsp3) is 0.360. The summed E-state index contributed by atoms with van der Waals surface area (Å²) in [6, 6.07) is 15.6. The number of hydrogen-bond acceptors (Lipinski definition) is 7. The van der Waals surface area contributed by atoms with Crippen LogP contribution in [0.2, 0.25) is 0 Å². The third kappa shape index (κ3) is 5.51. The second kappa shape index (κ2) is 10.8. The number of nitrogens with zero attached hydrogens (tertiary/aromatic N) is 4. The number of thioether (sulfide) groups is 1. The molecular weight excluding hydrogens is 436 g/mol. The number of rotatable bonds is 10. The van der Waals surface area contributed by atoms with Crippen LogP contribution in [0.4, 0.5) is 0 Å². The molecule has 2 aromatic heterocycles. The van der Waals surface area contributed by atoms with Crippen molar-refractivity contribution in [1.82, 2.24) is 19.7 Å². The second-order valence-electron chi connectivity index (χ2n) is 8.00. The van der Waals surface area contributed by atoms with Crippen LogP contribution in [-0.4, -0.2) is 32.9 Å². The Balaban J connectivity index is 1.53. The van der Waals surface area contributed by atoms with Crippen molar-refractivity contribution in [3.63, 3.8) is 0 Å². The maximum absolute atomic E-state index is 13.1. The van der Waals surface area contributed by atoms with E-state index < -0.39 is 0 Å². The van der Waals surface area contributed by atoms with Crippen LogP contribution < -0.4 is 5.56 Å². The third-order valence-corrected chi connectivity index (χ3v) is 6.29. The zero-order valence-corrected chi connectivity index (χ0v) is 20.0. The molecule has 172 valence electrons. The van der Waals surface area contributed by atoms with Crippen molar-refractivity contribution in [2.75, 3.05) is 13.2 Å². The molecule has 0 spiro atoms. The maximum Gasteiger partial charge on any atom is 0.262 e.